The van der Waals surface area contributed by atoms with E-state index in [-0.39, 0.29) is 0 Å². The Morgan fingerprint density at radius 2 is 1.61 bits per heavy atom. The van der Waals surface area contributed by atoms with Crippen LogP contribution in [0.2, 0.25) is 0 Å². The summed E-state index contributed by atoms with van der Waals surface area (Å²) in [5, 5.41) is 2.63. The molecule has 0 amide bonds. The van der Waals surface area contributed by atoms with Gasteiger partial charge in [0.25, 0.3) is 0 Å². The molecule has 1 aromatic carbocycles. The number of hydrogen-bond acceptors (Lipinski definition) is 1. The first-order valence-corrected chi connectivity index (χ1v) is 6.36. The van der Waals surface area contributed by atoms with Crippen molar-refractivity contribution in [2.24, 2.45) is 0 Å². The molecular weight excluding hydrogens is 220 g/mol. The maximum Gasteiger partial charge on any atom is 0.0404 e. The number of pyridine rings is 1. The van der Waals surface area contributed by atoms with E-state index in [1.165, 1.54) is 16.5 Å². The number of aromatic nitrogens is 2. The number of aryl methyl sites for hydroxylation is 2. The molecule has 0 atom stereocenters. The quantitative estimate of drug-likeness (QED) is 0.676. The summed E-state index contributed by atoms with van der Waals surface area (Å²) in [6, 6.07) is 14.6. The normalized spacial score (nSPS) is 10.9. The molecule has 0 saturated heterocycles. The second kappa shape index (κ2) is 5.05. The Kier molecular flexibility index (Phi) is 3.09. The molecule has 2 heterocycles. The summed E-state index contributed by atoms with van der Waals surface area (Å²) in [7, 11) is 0. The van der Waals surface area contributed by atoms with Gasteiger partial charge in [0.1, 0.15) is 0 Å². The van der Waals surface area contributed by atoms with Gasteiger partial charge in [-0.2, -0.15) is 0 Å². The number of nitrogens with zero attached hydrogens (tertiary/aromatic N) is 2. The van der Waals surface area contributed by atoms with Crippen LogP contribution in [0.1, 0.15) is 12.1 Å². The first-order valence-electron chi connectivity index (χ1n) is 6.36. The molecule has 18 heavy (non-hydrogen) atoms. The smallest absolute Gasteiger partial charge is 0.0404 e. The zero-order valence-corrected chi connectivity index (χ0v) is 10.3. The lowest BCUT2D eigenvalue weighted by atomic mass is 10.2. The number of hydrogen-bond donors (Lipinski definition) is 0. The number of fused-ring (bicyclic) bond motifs is 1. The molecule has 2 nitrogen and oxygen atoms in total. The van der Waals surface area contributed by atoms with Crippen LogP contribution in [0.4, 0.5) is 0 Å². The number of benzene rings is 1. The Morgan fingerprint density at radius 1 is 0.889 bits per heavy atom. The Hall–Kier alpha value is -2.09. The molecule has 2 heteroatoms. The van der Waals surface area contributed by atoms with E-state index in [9.17, 15) is 0 Å². The van der Waals surface area contributed by atoms with Crippen molar-refractivity contribution in [3.63, 3.8) is 0 Å². The zero-order valence-electron chi connectivity index (χ0n) is 10.3. The Balaban J connectivity index is 1.63. The van der Waals surface area contributed by atoms with E-state index in [0.29, 0.717) is 0 Å². The standard InChI is InChI=1S/C16H16N2/c1-2-7-15-13-18(12-14(15)6-1)11-5-9-16-8-3-4-10-17-16/h1-4,6-8,10,12-13H,5,9,11H2. The van der Waals surface area contributed by atoms with Gasteiger partial charge >= 0.3 is 0 Å². The minimum Gasteiger partial charge on any atom is -0.353 e. The molecule has 0 saturated carbocycles. The lowest BCUT2D eigenvalue weighted by molar-refractivity contribution is 0.641. The molecule has 0 fully saturated rings. The highest BCUT2D eigenvalue weighted by Gasteiger charge is 1.98. The van der Waals surface area contributed by atoms with Crippen LogP contribution in [0.5, 0.6) is 0 Å². The molecule has 0 aliphatic carbocycles. The summed E-state index contributed by atoms with van der Waals surface area (Å²) in [6.07, 6.45) is 8.45. The van der Waals surface area contributed by atoms with E-state index in [1.807, 2.05) is 18.3 Å². The maximum atomic E-state index is 4.34. The summed E-state index contributed by atoms with van der Waals surface area (Å²) < 4.78 is 2.27. The van der Waals surface area contributed by atoms with Crippen LogP contribution in [0.3, 0.4) is 0 Å². The van der Waals surface area contributed by atoms with E-state index in [4.69, 9.17) is 0 Å². The average Bonchev–Trinajstić information content (AvgIpc) is 2.82. The summed E-state index contributed by atoms with van der Waals surface area (Å²) in [6.45, 7) is 1.05. The molecule has 0 bridgehead atoms. The third-order valence-corrected chi connectivity index (χ3v) is 3.18. The highest BCUT2D eigenvalue weighted by atomic mass is 14.9. The van der Waals surface area contributed by atoms with Crippen molar-refractivity contribution in [3.8, 4) is 0 Å². The van der Waals surface area contributed by atoms with Crippen molar-refractivity contribution >= 4 is 10.8 Å². The first kappa shape index (κ1) is 11.0. The Bertz CT molecular complexity index is 593. The van der Waals surface area contributed by atoms with Crippen LogP contribution < -0.4 is 0 Å². The third kappa shape index (κ3) is 2.43. The predicted octanol–water partition coefficient (Wildman–Crippen LogP) is 3.67. The second-order valence-corrected chi connectivity index (χ2v) is 4.55. The van der Waals surface area contributed by atoms with Gasteiger partial charge in [0, 0.05) is 30.8 Å². The third-order valence-electron chi connectivity index (χ3n) is 3.18. The number of rotatable bonds is 4. The van der Waals surface area contributed by atoms with Crippen molar-refractivity contribution in [2.75, 3.05) is 0 Å². The van der Waals surface area contributed by atoms with E-state index in [2.05, 4.69) is 52.3 Å². The molecule has 3 rings (SSSR count). The molecule has 0 N–H and O–H groups in total. The highest BCUT2D eigenvalue weighted by molar-refractivity contribution is 5.81. The van der Waals surface area contributed by atoms with Gasteiger partial charge in [0.15, 0.2) is 0 Å². The predicted molar refractivity (Wildman–Crippen MR) is 74.5 cm³/mol. The molecule has 0 radical (unpaired) electrons. The van der Waals surface area contributed by atoms with Crippen molar-refractivity contribution in [1.82, 2.24) is 9.55 Å². The van der Waals surface area contributed by atoms with E-state index in [0.717, 1.165) is 19.4 Å². The van der Waals surface area contributed by atoms with Gasteiger partial charge in [-0.1, -0.05) is 30.3 Å². The zero-order chi connectivity index (χ0) is 12.2. The van der Waals surface area contributed by atoms with Crippen LogP contribution in [-0.4, -0.2) is 9.55 Å². The molecule has 90 valence electrons. The van der Waals surface area contributed by atoms with Gasteiger partial charge in [-0.15, -0.1) is 0 Å². The molecular formula is C16H16N2. The second-order valence-electron chi connectivity index (χ2n) is 4.55. The summed E-state index contributed by atoms with van der Waals surface area (Å²) in [5.41, 5.74) is 1.18. The molecule has 0 aliphatic rings. The van der Waals surface area contributed by atoms with Gasteiger partial charge in [0.05, 0.1) is 0 Å². The van der Waals surface area contributed by atoms with Gasteiger partial charge in [-0.05, 0) is 35.7 Å². The van der Waals surface area contributed by atoms with Gasteiger partial charge in [-0.25, -0.2) is 0 Å². The van der Waals surface area contributed by atoms with Crippen LogP contribution in [-0.2, 0) is 13.0 Å². The van der Waals surface area contributed by atoms with Crippen molar-refractivity contribution in [2.45, 2.75) is 19.4 Å². The maximum absolute atomic E-state index is 4.34. The fourth-order valence-electron chi connectivity index (χ4n) is 2.26. The van der Waals surface area contributed by atoms with Crippen molar-refractivity contribution in [3.05, 3.63) is 66.7 Å². The first-order chi connectivity index (χ1) is 8.92. The summed E-state index contributed by atoms with van der Waals surface area (Å²) in [4.78, 5) is 4.34. The van der Waals surface area contributed by atoms with E-state index in [1.54, 1.807) is 0 Å². The summed E-state index contributed by atoms with van der Waals surface area (Å²) in [5.74, 6) is 0. The molecule has 2 aromatic heterocycles. The topological polar surface area (TPSA) is 17.8 Å². The fourth-order valence-corrected chi connectivity index (χ4v) is 2.26. The average molecular weight is 236 g/mol. The highest BCUT2D eigenvalue weighted by Crippen LogP contribution is 2.15. The Morgan fingerprint density at radius 3 is 2.28 bits per heavy atom. The van der Waals surface area contributed by atoms with Gasteiger partial charge in [-0.3, -0.25) is 4.98 Å². The SMILES string of the molecule is c1ccc(CCCn2cc3ccccc3c2)nc1. The van der Waals surface area contributed by atoms with E-state index < -0.39 is 0 Å². The lowest BCUT2D eigenvalue weighted by Gasteiger charge is -2.02. The molecule has 0 unspecified atom stereocenters. The largest absolute Gasteiger partial charge is 0.353 e. The minimum atomic E-state index is 1.04. The minimum absolute atomic E-state index is 1.04. The van der Waals surface area contributed by atoms with E-state index >= 15 is 0 Å². The summed E-state index contributed by atoms with van der Waals surface area (Å²) >= 11 is 0. The van der Waals surface area contributed by atoms with Crippen LogP contribution in [0.25, 0.3) is 10.8 Å². The van der Waals surface area contributed by atoms with Gasteiger partial charge in [0.2, 0.25) is 0 Å². The molecule has 3 aromatic rings. The fraction of sp³-hybridized carbons (Fsp3) is 0.188. The van der Waals surface area contributed by atoms with Crippen LogP contribution >= 0.6 is 0 Å². The van der Waals surface area contributed by atoms with Crippen molar-refractivity contribution < 1.29 is 0 Å². The van der Waals surface area contributed by atoms with Crippen LogP contribution in [0, 0.1) is 0 Å². The molecule has 0 spiro atoms. The lowest BCUT2D eigenvalue weighted by Crippen LogP contribution is -1.97. The van der Waals surface area contributed by atoms with Crippen LogP contribution in [0.15, 0.2) is 61.1 Å². The molecule has 0 aliphatic heterocycles. The van der Waals surface area contributed by atoms with Gasteiger partial charge < -0.3 is 4.57 Å². The van der Waals surface area contributed by atoms with Crippen molar-refractivity contribution in [1.29, 1.82) is 0 Å². The monoisotopic (exact) mass is 236 g/mol. The Labute approximate surface area is 107 Å².